The molecular weight excluding hydrogens is 306 g/mol. The number of para-hydroxylation sites is 1. The van der Waals surface area contributed by atoms with Crippen molar-refractivity contribution in [2.75, 3.05) is 6.61 Å². The van der Waals surface area contributed by atoms with Crippen molar-refractivity contribution >= 4 is 33.6 Å². The van der Waals surface area contributed by atoms with Crippen molar-refractivity contribution in [1.29, 1.82) is 0 Å². The fraction of sp³-hybridized carbons (Fsp3) is 0.158. The minimum Gasteiger partial charge on any atom is -0.462 e. The molecule has 0 amide bonds. The zero-order chi connectivity index (χ0) is 16.1. The number of allylic oxidation sites excluding steroid dienone is 1. The van der Waals surface area contributed by atoms with E-state index in [-0.39, 0.29) is 5.97 Å². The summed E-state index contributed by atoms with van der Waals surface area (Å²) in [6.07, 6.45) is 4.92. The molecule has 23 heavy (non-hydrogen) atoms. The summed E-state index contributed by atoms with van der Waals surface area (Å²) in [4.78, 5) is 16.6. The smallest absolute Gasteiger partial charge is 0.340 e. The van der Waals surface area contributed by atoms with E-state index in [9.17, 15) is 4.79 Å². The molecule has 0 fully saturated rings. The molecule has 116 valence electrons. The molecule has 0 aliphatic heterocycles. The van der Waals surface area contributed by atoms with Crippen LogP contribution in [0, 0.1) is 0 Å². The first-order valence-corrected chi connectivity index (χ1v) is 8.36. The molecule has 0 spiro atoms. The first-order valence-electron chi connectivity index (χ1n) is 7.55. The average molecular weight is 323 g/mol. The molecule has 0 unspecified atom stereocenters. The number of rotatable bonds is 5. The second-order valence-corrected chi connectivity index (χ2v) is 6.11. The maximum atomic E-state index is 12.0. The number of carbonyl (C=O) groups is 1. The number of benzene rings is 2. The number of fused-ring (bicyclic) bond motifs is 1. The van der Waals surface area contributed by atoms with Gasteiger partial charge in [0.05, 0.1) is 27.4 Å². The molecule has 3 rings (SSSR count). The van der Waals surface area contributed by atoms with Gasteiger partial charge >= 0.3 is 5.97 Å². The quantitative estimate of drug-likeness (QED) is 0.637. The van der Waals surface area contributed by atoms with Crippen LogP contribution < -0.4 is 0 Å². The van der Waals surface area contributed by atoms with Crippen molar-refractivity contribution in [3.05, 3.63) is 70.7 Å². The molecule has 0 bridgehead atoms. The number of aromatic nitrogens is 1. The molecular formula is C19H17NO2S. The van der Waals surface area contributed by atoms with Crippen LogP contribution in [-0.2, 0) is 11.2 Å². The van der Waals surface area contributed by atoms with Crippen molar-refractivity contribution in [3.8, 4) is 0 Å². The third kappa shape index (κ3) is 3.66. The van der Waals surface area contributed by atoms with Crippen LogP contribution in [0.25, 0.3) is 16.3 Å². The van der Waals surface area contributed by atoms with Gasteiger partial charge in [-0.25, -0.2) is 9.78 Å². The molecule has 0 aliphatic carbocycles. The van der Waals surface area contributed by atoms with Gasteiger partial charge in [0, 0.05) is 6.42 Å². The van der Waals surface area contributed by atoms with Crippen LogP contribution in [0.15, 0.2) is 54.6 Å². The van der Waals surface area contributed by atoms with E-state index in [1.165, 1.54) is 5.56 Å². The van der Waals surface area contributed by atoms with Crippen molar-refractivity contribution in [2.24, 2.45) is 0 Å². The molecule has 0 saturated carbocycles. The van der Waals surface area contributed by atoms with E-state index in [0.717, 1.165) is 21.6 Å². The number of nitrogens with zero attached hydrogens (tertiary/aromatic N) is 1. The van der Waals surface area contributed by atoms with Crippen molar-refractivity contribution in [2.45, 2.75) is 13.3 Å². The van der Waals surface area contributed by atoms with Gasteiger partial charge in [-0.2, -0.15) is 0 Å². The fourth-order valence-corrected chi connectivity index (χ4v) is 3.28. The van der Waals surface area contributed by atoms with E-state index in [2.05, 4.69) is 29.3 Å². The largest absolute Gasteiger partial charge is 0.462 e. The minimum absolute atomic E-state index is 0.310. The number of carbonyl (C=O) groups excluding carboxylic acids is 1. The number of esters is 1. The standard InChI is InChI=1S/C19H17NO2S/c1-2-22-19(21)15-11-7-12-16-18(15)20-17(23-16)13-6-10-14-8-4-3-5-9-14/h3-12H,2,13H2,1H3/b10-6+. The lowest BCUT2D eigenvalue weighted by Crippen LogP contribution is -2.05. The molecule has 0 N–H and O–H groups in total. The minimum atomic E-state index is -0.310. The summed E-state index contributed by atoms with van der Waals surface area (Å²) in [5.41, 5.74) is 2.44. The molecule has 3 aromatic rings. The van der Waals surface area contributed by atoms with Gasteiger partial charge in [-0.1, -0.05) is 48.6 Å². The van der Waals surface area contributed by atoms with Crippen molar-refractivity contribution in [1.82, 2.24) is 4.98 Å². The molecule has 3 nitrogen and oxygen atoms in total. The summed E-state index contributed by atoms with van der Waals surface area (Å²) >= 11 is 1.61. The van der Waals surface area contributed by atoms with Gasteiger partial charge in [0.25, 0.3) is 0 Å². The number of hydrogen-bond donors (Lipinski definition) is 0. The molecule has 4 heteroatoms. The second kappa shape index (κ2) is 7.20. The normalized spacial score (nSPS) is 11.2. The molecule has 0 radical (unpaired) electrons. The first kappa shape index (κ1) is 15.4. The van der Waals surface area contributed by atoms with Crippen LogP contribution in [0.5, 0.6) is 0 Å². The lowest BCUT2D eigenvalue weighted by molar-refractivity contribution is 0.0528. The lowest BCUT2D eigenvalue weighted by atomic mass is 10.2. The molecule has 0 aliphatic rings. The Labute approximate surface area is 139 Å². The van der Waals surface area contributed by atoms with Crippen LogP contribution in [-0.4, -0.2) is 17.6 Å². The zero-order valence-corrected chi connectivity index (χ0v) is 13.7. The second-order valence-electron chi connectivity index (χ2n) is 5.00. The van der Waals surface area contributed by atoms with E-state index in [4.69, 9.17) is 4.74 Å². The molecule has 1 aromatic heterocycles. The van der Waals surface area contributed by atoms with E-state index in [0.29, 0.717) is 12.2 Å². The average Bonchev–Trinajstić information content (AvgIpc) is 2.98. The van der Waals surface area contributed by atoms with Gasteiger partial charge in [0.15, 0.2) is 0 Å². The summed E-state index contributed by atoms with van der Waals surface area (Å²) in [5, 5.41) is 0.990. The Morgan fingerprint density at radius 2 is 2.00 bits per heavy atom. The predicted molar refractivity (Wildman–Crippen MR) is 94.8 cm³/mol. The van der Waals surface area contributed by atoms with E-state index in [1.54, 1.807) is 24.3 Å². The molecule has 1 heterocycles. The predicted octanol–water partition coefficient (Wildman–Crippen LogP) is 4.73. The highest BCUT2D eigenvalue weighted by Crippen LogP contribution is 2.26. The Hall–Kier alpha value is -2.46. The Morgan fingerprint density at radius 3 is 2.78 bits per heavy atom. The Balaban J connectivity index is 1.81. The monoisotopic (exact) mass is 323 g/mol. The third-order valence-corrected chi connectivity index (χ3v) is 4.40. The number of thiazole rings is 1. The Kier molecular flexibility index (Phi) is 4.83. The van der Waals surface area contributed by atoms with E-state index in [1.807, 2.05) is 30.3 Å². The van der Waals surface area contributed by atoms with Gasteiger partial charge in [-0.05, 0) is 24.6 Å². The summed E-state index contributed by atoms with van der Waals surface area (Å²) in [6, 6.07) is 15.8. The topological polar surface area (TPSA) is 39.2 Å². The Morgan fingerprint density at radius 1 is 1.17 bits per heavy atom. The van der Waals surface area contributed by atoms with Gasteiger partial charge in [0.1, 0.15) is 0 Å². The summed E-state index contributed by atoms with van der Waals surface area (Å²) in [6.45, 7) is 2.17. The summed E-state index contributed by atoms with van der Waals surface area (Å²) in [7, 11) is 0. The van der Waals surface area contributed by atoms with Crippen molar-refractivity contribution < 1.29 is 9.53 Å². The maximum Gasteiger partial charge on any atom is 0.340 e. The zero-order valence-electron chi connectivity index (χ0n) is 12.9. The third-order valence-electron chi connectivity index (χ3n) is 3.36. The molecule has 2 aromatic carbocycles. The van der Waals surface area contributed by atoms with E-state index >= 15 is 0 Å². The van der Waals surface area contributed by atoms with Crippen LogP contribution in [0.3, 0.4) is 0 Å². The van der Waals surface area contributed by atoms with Crippen molar-refractivity contribution in [3.63, 3.8) is 0 Å². The number of hydrogen-bond acceptors (Lipinski definition) is 4. The highest BCUT2D eigenvalue weighted by Gasteiger charge is 2.14. The van der Waals surface area contributed by atoms with Crippen LogP contribution >= 0.6 is 11.3 Å². The van der Waals surface area contributed by atoms with E-state index < -0.39 is 0 Å². The van der Waals surface area contributed by atoms with Gasteiger partial charge in [0.2, 0.25) is 0 Å². The molecule has 0 saturated heterocycles. The highest BCUT2D eigenvalue weighted by molar-refractivity contribution is 7.18. The van der Waals surface area contributed by atoms with Gasteiger partial charge < -0.3 is 4.74 Å². The fourth-order valence-electron chi connectivity index (χ4n) is 2.32. The summed E-state index contributed by atoms with van der Waals surface area (Å²) < 4.78 is 6.11. The summed E-state index contributed by atoms with van der Waals surface area (Å²) in [5.74, 6) is -0.310. The van der Waals surface area contributed by atoms with Gasteiger partial charge in [-0.3, -0.25) is 0 Å². The lowest BCUT2D eigenvalue weighted by Gasteiger charge is -2.01. The molecule has 0 atom stereocenters. The van der Waals surface area contributed by atoms with Crippen LogP contribution in [0.2, 0.25) is 0 Å². The highest BCUT2D eigenvalue weighted by atomic mass is 32.1. The SMILES string of the molecule is CCOC(=O)c1cccc2sc(C/C=C/c3ccccc3)nc12. The first-order chi connectivity index (χ1) is 11.3. The van der Waals surface area contributed by atoms with Gasteiger partial charge in [-0.15, -0.1) is 11.3 Å². The van der Waals surface area contributed by atoms with Crippen LogP contribution in [0.4, 0.5) is 0 Å². The Bertz CT molecular complexity index is 837. The van der Waals surface area contributed by atoms with Crippen LogP contribution in [0.1, 0.15) is 27.9 Å². The number of ether oxygens (including phenoxy) is 1. The maximum absolute atomic E-state index is 12.0.